The zero-order valence-corrected chi connectivity index (χ0v) is 17.6. The van der Waals surface area contributed by atoms with E-state index in [0.717, 1.165) is 19.3 Å². The van der Waals surface area contributed by atoms with Crippen molar-refractivity contribution in [3.8, 4) is 5.75 Å². The largest absolute Gasteiger partial charge is 0.495 e. The number of hydrogen-bond donors (Lipinski definition) is 2. The second-order valence-corrected chi connectivity index (χ2v) is 8.82. The fraction of sp³-hybridized carbons (Fsp3) is 0.318. The Labute approximate surface area is 176 Å². The topological polar surface area (TPSA) is 84.5 Å². The summed E-state index contributed by atoms with van der Waals surface area (Å²) in [5, 5.41) is 2.53. The summed E-state index contributed by atoms with van der Waals surface area (Å²) in [5.74, 6) is -1.10. The van der Waals surface area contributed by atoms with Gasteiger partial charge in [-0.2, -0.15) is 0 Å². The normalized spacial score (nSPS) is 14.1. The van der Waals surface area contributed by atoms with Crippen molar-refractivity contribution in [3.63, 3.8) is 0 Å². The summed E-state index contributed by atoms with van der Waals surface area (Å²) in [6.45, 7) is 0.303. The van der Waals surface area contributed by atoms with Crippen molar-refractivity contribution in [2.45, 2.75) is 37.0 Å². The van der Waals surface area contributed by atoms with E-state index < -0.39 is 21.7 Å². The second kappa shape index (κ2) is 9.86. The number of rotatable bonds is 8. The highest BCUT2D eigenvalue weighted by Gasteiger charge is 2.19. The van der Waals surface area contributed by atoms with Crippen molar-refractivity contribution in [3.05, 3.63) is 65.5 Å². The third kappa shape index (κ3) is 5.46. The molecular weight excluding hydrogens is 407 g/mol. The Hall–Kier alpha value is -2.71. The van der Waals surface area contributed by atoms with Crippen molar-refractivity contribution in [2.75, 3.05) is 19.0 Å². The number of ether oxygens (including phenoxy) is 1. The lowest BCUT2D eigenvalue weighted by Crippen LogP contribution is -2.25. The first kappa shape index (κ1) is 22.0. The number of anilines is 1. The van der Waals surface area contributed by atoms with E-state index in [9.17, 15) is 17.6 Å². The minimum Gasteiger partial charge on any atom is -0.495 e. The molecule has 2 N–H and O–H groups in total. The van der Waals surface area contributed by atoms with E-state index in [1.807, 2.05) is 0 Å². The van der Waals surface area contributed by atoms with Gasteiger partial charge in [-0.1, -0.05) is 23.8 Å². The van der Waals surface area contributed by atoms with Gasteiger partial charge < -0.3 is 10.1 Å². The first-order valence-corrected chi connectivity index (χ1v) is 11.3. The third-order valence-electron chi connectivity index (χ3n) is 4.97. The fourth-order valence-electron chi connectivity index (χ4n) is 3.35. The average Bonchev–Trinajstić information content (AvgIpc) is 2.74. The minimum atomic E-state index is -3.78. The van der Waals surface area contributed by atoms with Gasteiger partial charge in [-0.05, 0) is 62.4 Å². The van der Waals surface area contributed by atoms with Gasteiger partial charge in [0.25, 0.3) is 5.91 Å². The molecule has 0 saturated carbocycles. The molecule has 30 heavy (non-hydrogen) atoms. The van der Waals surface area contributed by atoms with Crippen LogP contribution in [0.4, 0.5) is 10.1 Å². The Bertz CT molecular complexity index is 1050. The molecule has 8 heteroatoms. The van der Waals surface area contributed by atoms with Crippen LogP contribution in [0.15, 0.2) is 59.0 Å². The van der Waals surface area contributed by atoms with Crippen LogP contribution in [0.2, 0.25) is 0 Å². The molecule has 0 heterocycles. The van der Waals surface area contributed by atoms with Crippen molar-refractivity contribution in [1.29, 1.82) is 0 Å². The number of sulfonamides is 1. The number of allylic oxidation sites excluding steroid dienone is 1. The molecule has 0 atom stereocenters. The lowest BCUT2D eigenvalue weighted by molar-refractivity contribution is 0.102. The maximum absolute atomic E-state index is 13.9. The standard InChI is InChI=1S/C22H25FN2O4S/c1-29-21-12-11-17(30(27,28)24-14-13-16-7-3-2-4-8-16)15-20(21)25-22(26)18-9-5-6-10-19(18)23/h5-7,9-12,15,24H,2-4,8,13-14H2,1H3,(H,25,26). The van der Waals surface area contributed by atoms with Gasteiger partial charge in [0.1, 0.15) is 11.6 Å². The summed E-state index contributed by atoms with van der Waals surface area (Å²) in [6, 6.07) is 9.71. The van der Waals surface area contributed by atoms with Crippen LogP contribution < -0.4 is 14.8 Å². The van der Waals surface area contributed by atoms with Gasteiger partial charge in [-0.15, -0.1) is 0 Å². The van der Waals surface area contributed by atoms with Crippen molar-refractivity contribution in [1.82, 2.24) is 4.72 Å². The monoisotopic (exact) mass is 432 g/mol. The molecule has 6 nitrogen and oxygen atoms in total. The SMILES string of the molecule is COc1ccc(S(=O)(=O)NCCC2=CCCCC2)cc1NC(=O)c1ccccc1F. The minimum absolute atomic E-state index is 0.00948. The first-order chi connectivity index (χ1) is 14.4. The molecule has 0 unspecified atom stereocenters. The molecule has 1 aliphatic carbocycles. The van der Waals surface area contributed by atoms with E-state index in [0.29, 0.717) is 13.0 Å². The number of carbonyl (C=O) groups excluding carboxylic acids is 1. The number of nitrogens with one attached hydrogen (secondary N) is 2. The Morgan fingerprint density at radius 1 is 1.17 bits per heavy atom. The third-order valence-corrected chi connectivity index (χ3v) is 6.43. The molecule has 0 spiro atoms. The van der Waals surface area contributed by atoms with Gasteiger partial charge >= 0.3 is 0 Å². The van der Waals surface area contributed by atoms with Gasteiger partial charge in [-0.25, -0.2) is 17.5 Å². The van der Waals surface area contributed by atoms with Crippen molar-refractivity contribution in [2.24, 2.45) is 0 Å². The van der Waals surface area contributed by atoms with E-state index in [-0.39, 0.29) is 21.9 Å². The maximum atomic E-state index is 13.9. The summed E-state index contributed by atoms with van der Waals surface area (Å²) in [4.78, 5) is 12.4. The summed E-state index contributed by atoms with van der Waals surface area (Å²) in [7, 11) is -2.37. The highest BCUT2D eigenvalue weighted by Crippen LogP contribution is 2.28. The van der Waals surface area contributed by atoms with Crippen LogP contribution in [-0.4, -0.2) is 28.0 Å². The molecule has 0 aliphatic heterocycles. The first-order valence-electron chi connectivity index (χ1n) is 9.82. The van der Waals surface area contributed by atoms with Crippen LogP contribution >= 0.6 is 0 Å². The highest BCUT2D eigenvalue weighted by molar-refractivity contribution is 7.89. The summed E-state index contributed by atoms with van der Waals surface area (Å²) < 4.78 is 47.1. The van der Waals surface area contributed by atoms with Gasteiger partial charge in [-0.3, -0.25) is 4.79 Å². The van der Waals surface area contributed by atoms with Crippen LogP contribution in [0.25, 0.3) is 0 Å². The van der Waals surface area contributed by atoms with E-state index >= 15 is 0 Å². The summed E-state index contributed by atoms with van der Waals surface area (Å²) in [5.41, 5.74) is 1.27. The van der Waals surface area contributed by atoms with Crippen molar-refractivity contribution < 1.29 is 22.3 Å². The predicted octanol–water partition coefficient (Wildman–Crippen LogP) is 4.26. The quantitative estimate of drug-likeness (QED) is 0.611. The van der Waals surface area contributed by atoms with Crippen molar-refractivity contribution >= 4 is 21.6 Å². The van der Waals surface area contributed by atoms with Crippen LogP contribution in [0.5, 0.6) is 5.75 Å². The van der Waals surface area contributed by atoms with Crippen LogP contribution in [0.1, 0.15) is 42.5 Å². The van der Waals surface area contributed by atoms with E-state index in [2.05, 4.69) is 16.1 Å². The predicted molar refractivity (Wildman–Crippen MR) is 114 cm³/mol. The smallest absolute Gasteiger partial charge is 0.258 e. The molecule has 160 valence electrons. The number of halogens is 1. The van der Waals surface area contributed by atoms with Gasteiger partial charge in [0.15, 0.2) is 0 Å². The Balaban J connectivity index is 1.75. The molecule has 3 rings (SSSR count). The van der Waals surface area contributed by atoms with E-state index in [1.54, 1.807) is 6.07 Å². The number of methoxy groups -OCH3 is 1. The molecule has 0 aromatic heterocycles. The number of carbonyl (C=O) groups is 1. The highest BCUT2D eigenvalue weighted by atomic mass is 32.2. The molecule has 0 bridgehead atoms. The van der Waals surface area contributed by atoms with Crippen LogP contribution in [-0.2, 0) is 10.0 Å². The Morgan fingerprint density at radius 3 is 2.67 bits per heavy atom. The number of benzene rings is 2. The van der Waals surface area contributed by atoms with Gasteiger partial charge in [0, 0.05) is 6.54 Å². The summed E-state index contributed by atoms with van der Waals surface area (Å²) >= 11 is 0. The maximum Gasteiger partial charge on any atom is 0.258 e. The Morgan fingerprint density at radius 2 is 1.97 bits per heavy atom. The molecule has 0 fully saturated rings. The van der Waals surface area contributed by atoms with E-state index in [4.69, 9.17) is 4.74 Å². The molecule has 2 aromatic carbocycles. The second-order valence-electron chi connectivity index (χ2n) is 7.05. The number of amides is 1. The zero-order chi connectivity index (χ0) is 21.6. The molecular formula is C22H25FN2O4S. The Kier molecular flexibility index (Phi) is 7.23. The van der Waals surface area contributed by atoms with E-state index in [1.165, 1.54) is 55.5 Å². The van der Waals surface area contributed by atoms with Gasteiger partial charge in [0.05, 0.1) is 23.3 Å². The van der Waals surface area contributed by atoms with Gasteiger partial charge in [0.2, 0.25) is 10.0 Å². The zero-order valence-electron chi connectivity index (χ0n) is 16.8. The molecule has 1 amide bonds. The lowest BCUT2D eigenvalue weighted by Gasteiger charge is -2.15. The molecule has 0 radical (unpaired) electrons. The fourth-order valence-corrected chi connectivity index (χ4v) is 4.41. The molecule has 1 aliphatic rings. The molecule has 2 aromatic rings. The average molecular weight is 433 g/mol. The van der Waals surface area contributed by atoms with Crippen LogP contribution in [0.3, 0.4) is 0 Å². The summed E-state index contributed by atoms with van der Waals surface area (Å²) in [6.07, 6.45) is 7.24. The number of hydrogen-bond acceptors (Lipinski definition) is 4. The lowest BCUT2D eigenvalue weighted by atomic mass is 9.97. The van der Waals surface area contributed by atoms with Crippen LogP contribution in [0, 0.1) is 5.82 Å². The molecule has 0 saturated heterocycles.